The van der Waals surface area contributed by atoms with Gasteiger partial charge in [-0.25, -0.2) is 14.2 Å². The Hall–Kier alpha value is -2.80. The molecule has 0 N–H and O–H groups in total. The maximum Gasteiger partial charge on any atom is 0.357 e. The summed E-state index contributed by atoms with van der Waals surface area (Å²) in [4.78, 5) is 16.8. The van der Waals surface area contributed by atoms with E-state index in [1.807, 2.05) is 24.5 Å². The third-order valence-electron chi connectivity index (χ3n) is 3.71. The number of hydrogen-bond acceptors (Lipinski definition) is 5. The van der Waals surface area contributed by atoms with Crippen LogP contribution in [-0.2, 0) is 11.3 Å². The largest absolute Gasteiger partial charge is 0.497 e. The molecule has 0 fully saturated rings. The normalized spacial score (nSPS) is 10.6. The molecule has 5 nitrogen and oxygen atoms in total. The van der Waals surface area contributed by atoms with E-state index in [2.05, 4.69) is 4.98 Å². The first-order valence-electron chi connectivity index (χ1n) is 7.80. The fraction of sp³-hybridized carbons (Fsp3) is 0.158. The second kappa shape index (κ2) is 8.05. The Morgan fingerprint density at radius 2 is 2.00 bits per heavy atom. The Morgan fingerprint density at radius 1 is 1.23 bits per heavy atom. The second-order valence-electron chi connectivity index (χ2n) is 5.37. The van der Waals surface area contributed by atoms with Crippen LogP contribution in [0, 0.1) is 5.82 Å². The minimum Gasteiger partial charge on any atom is -0.497 e. The lowest BCUT2D eigenvalue weighted by Gasteiger charge is -2.11. The Morgan fingerprint density at radius 3 is 2.69 bits per heavy atom. The topological polar surface area (TPSA) is 53.4 Å². The molecular formula is C19H17FN2O3S. The third kappa shape index (κ3) is 3.88. The standard InChI is InChI=1S/C19H17FN2O3S/c1-24-16-5-3-4-13(10-16)12-25-18(23)17-11-21-19(26-2)22(17)15-8-6-14(20)7-9-15/h3-11H,12H2,1-2H3. The Bertz CT molecular complexity index is 909. The Kier molecular flexibility index (Phi) is 5.58. The molecule has 1 heterocycles. The molecule has 3 rings (SSSR count). The van der Waals surface area contributed by atoms with Gasteiger partial charge in [0.2, 0.25) is 0 Å². The van der Waals surface area contributed by atoms with Crippen LogP contribution >= 0.6 is 11.8 Å². The molecule has 0 bridgehead atoms. The van der Waals surface area contributed by atoms with Crippen LogP contribution in [0.3, 0.4) is 0 Å². The monoisotopic (exact) mass is 372 g/mol. The lowest BCUT2D eigenvalue weighted by Crippen LogP contribution is -2.12. The number of hydrogen-bond donors (Lipinski definition) is 0. The molecule has 0 aliphatic rings. The summed E-state index contributed by atoms with van der Waals surface area (Å²) in [6.07, 6.45) is 3.32. The van der Waals surface area contributed by atoms with Crippen LogP contribution in [0.1, 0.15) is 16.1 Å². The van der Waals surface area contributed by atoms with Gasteiger partial charge in [0.1, 0.15) is 18.2 Å². The maximum absolute atomic E-state index is 13.2. The van der Waals surface area contributed by atoms with E-state index in [-0.39, 0.29) is 18.1 Å². The van der Waals surface area contributed by atoms with Gasteiger partial charge in [-0.1, -0.05) is 23.9 Å². The van der Waals surface area contributed by atoms with Crippen LogP contribution in [-0.4, -0.2) is 28.9 Å². The maximum atomic E-state index is 13.2. The van der Waals surface area contributed by atoms with Crippen molar-refractivity contribution < 1.29 is 18.7 Å². The summed E-state index contributed by atoms with van der Waals surface area (Å²) < 4.78 is 25.4. The summed E-state index contributed by atoms with van der Waals surface area (Å²) in [5.74, 6) is -0.161. The predicted octanol–water partition coefficient (Wildman–Crippen LogP) is 4.10. The number of thioether (sulfide) groups is 1. The highest BCUT2D eigenvalue weighted by atomic mass is 32.2. The number of carbonyl (C=O) groups is 1. The van der Waals surface area contributed by atoms with Crippen LogP contribution in [0.25, 0.3) is 5.69 Å². The summed E-state index contributed by atoms with van der Waals surface area (Å²) in [7, 11) is 1.58. The van der Waals surface area contributed by atoms with Crippen molar-refractivity contribution in [3.8, 4) is 11.4 Å². The van der Waals surface area contributed by atoms with E-state index in [1.165, 1.54) is 30.1 Å². The number of methoxy groups -OCH3 is 1. The highest BCUT2D eigenvalue weighted by Crippen LogP contribution is 2.23. The zero-order chi connectivity index (χ0) is 18.5. The molecule has 7 heteroatoms. The molecule has 0 saturated carbocycles. The number of ether oxygens (including phenoxy) is 2. The Balaban J connectivity index is 1.83. The zero-order valence-electron chi connectivity index (χ0n) is 14.3. The van der Waals surface area contributed by atoms with Crippen molar-refractivity contribution in [1.29, 1.82) is 0 Å². The van der Waals surface area contributed by atoms with Crippen LogP contribution in [0.5, 0.6) is 5.75 Å². The average molecular weight is 372 g/mol. The molecule has 0 amide bonds. The van der Waals surface area contributed by atoms with Gasteiger partial charge in [0, 0.05) is 5.69 Å². The van der Waals surface area contributed by atoms with E-state index >= 15 is 0 Å². The first kappa shape index (κ1) is 18.0. The van der Waals surface area contributed by atoms with Crippen LogP contribution in [0.4, 0.5) is 4.39 Å². The minimum atomic E-state index is -0.509. The van der Waals surface area contributed by atoms with Gasteiger partial charge in [-0.3, -0.25) is 4.57 Å². The molecule has 1 aromatic heterocycles. The average Bonchev–Trinajstić information content (AvgIpc) is 3.11. The highest BCUT2D eigenvalue weighted by molar-refractivity contribution is 7.98. The molecule has 0 spiro atoms. The number of halogens is 1. The molecule has 26 heavy (non-hydrogen) atoms. The molecular weight excluding hydrogens is 355 g/mol. The van der Waals surface area contributed by atoms with Crippen LogP contribution in [0.2, 0.25) is 0 Å². The first-order chi connectivity index (χ1) is 12.6. The fourth-order valence-electron chi connectivity index (χ4n) is 2.45. The number of aromatic nitrogens is 2. The van der Waals surface area contributed by atoms with Crippen molar-refractivity contribution in [3.05, 3.63) is 71.8 Å². The smallest absolute Gasteiger partial charge is 0.357 e. The SMILES string of the molecule is COc1cccc(COC(=O)c2cnc(SC)n2-c2ccc(F)cc2)c1. The molecule has 0 aliphatic carbocycles. The summed E-state index contributed by atoms with van der Waals surface area (Å²) in [6, 6.07) is 13.2. The van der Waals surface area contributed by atoms with Gasteiger partial charge in [-0.2, -0.15) is 0 Å². The van der Waals surface area contributed by atoms with E-state index in [4.69, 9.17) is 9.47 Å². The summed E-state index contributed by atoms with van der Waals surface area (Å²) in [5, 5.41) is 0.616. The van der Waals surface area contributed by atoms with Gasteiger partial charge in [-0.15, -0.1) is 0 Å². The second-order valence-corrected chi connectivity index (χ2v) is 6.14. The van der Waals surface area contributed by atoms with Crippen molar-refractivity contribution >= 4 is 17.7 Å². The highest BCUT2D eigenvalue weighted by Gasteiger charge is 2.19. The minimum absolute atomic E-state index is 0.110. The van der Waals surface area contributed by atoms with Gasteiger partial charge in [0.25, 0.3) is 0 Å². The van der Waals surface area contributed by atoms with Crippen LogP contribution < -0.4 is 4.74 Å². The Labute approximate surface area is 154 Å². The number of benzene rings is 2. The lowest BCUT2D eigenvalue weighted by molar-refractivity contribution is 0.0462. The lowest BCUT2D eigenvalue weighted by atomic mass is 10.2. The van der Waals surface area contributed by atoms with E-state index in [9.17, 15) is 9.18 Å². The number of rotatable bonds is 6. The predicted molar refractivity (Wildman–Crippen MR) is 97.4 cm³/mol. The fourth-order valence-corrected chi connectivity index (χ4v) is 2.99. The van der Waals surface area contributed by atoms with E-state index in [0.717, 1.165) is 5.56 Å². The molecule has 0 unspecified atom stereocenters. The van der Waals surface area contributed by atoms with Gasteiger partial charge in [0.15, 0.2) is 10.9 Å². The summed E-state index contributed by atoms with van der Waals surface area (Å²) >= 11 is 1.39. The van der Waals surface area contributed by atoms with Crippen molar-refractivity contribution in [2.45, 2.75) is 11.8 Å². The number of imidazole rings is 1. The number of carbonyl (C=O) groups excluding carboxylic acids is 1. The van der Waals surface area contributed by atoms with E-state index in [0.29, 0.717) is 16.6 Å². The molecule has 134 valence electrons. The summed E-state index contributed by atoms with van der Waals surface area (Å²) in [6.45, 7) is 0.110. The van der Waals surface area contributed by atoms with Gasteiger partial charge in [0.05, 0.1) is 13.3 Å². The van der Waals surface area contributed by atoms with Crippen LogP contribution in [0.15, 0.2) is 59.9 Å². The van der Waals surface area contributed by atoms with E-state index in [1.54, 1.807) is 29.9 Å². The van der Waals surface area contributed by atoms with Crippen molar-refractivity contribution in [3.63, 3.8) is 0 Å². The summed E-state index contributed by atoms with van der Waals surface area (Å²) in [5.41, 5.74) is 1.74. The molecule has 0 atom stereocenters. The van der Waals surface area contributed by atoms with Gasteiger partial charge < -0.3 is 9.47 Å². The number of nitrogens with zero attached hydrogens (tertiary/aromatic N) is 2. The molecule has 0 radical (unpaired) electrons. The first-order valence-corrected chi connectivity index (χ1v) is 9.02. The van der Waals surface area contributed by atoms with Crippen molar-refractivity contribution in [1.82, 2.24) is 9.55 Å². The van der Waals surface area contributed by atoms with E-state index < -0.39 is 5.97 Å². The molecule has 2 aromatic carbocycles. The zero-order valence-corrected chi connectivity index (χ0v) is 15.1. The van der Waals surface area contributed by atoms with Crippen molar-refractivity contribution in [2.24, 2.45) is 0 Å². The molecule has 3 aromatic rings. The molecule has 0 saturated heterocycles. The molecule has 0 aliphatic heterocycles. The third-order valence-corrected chi connectivity index (χ3v) is 4.36. The number of esters is 1. The quantitative estimate of drug-likeness (QED) is 0.482. The van der Waals surface area contributed by atoms with Gasteiger partial charge >= 0.3 is 5.97 Å². The van der Waals surface area contributed by atoms with Crippen molar-refractivity contribution in [2.75, 3.05) is 13.4 Å². The van der Waals surface area contributed by atoms with Gasteiger partial charge in [-0.05, 0) is 48.2 Å².